The smallest absolute Gasteiger partial charge is 0.128 e. The second-order valence-corrected chi connectivity index (χ2v) is 4.82. The summed E-state index contributed by atoms with van der Waals surface area (Å²) in [5, 5.41) is 5.46. The highest BCUT2D eigenvalue weighted by molar-refractivity contribution is 7.99. The van der Waals surface area contributed by atoms with Crippen LogP contribution in [-0.2, 0) is 0 Å². The number of nitrogens with two attached hydrogens (primary N) is 1. The molecule has 0 bridgehead atoms. The number of para-hydroxylation sites is 1. The van der Waals surface area contributed by atoms with Gasteiger partial charge in [-0.1, -0.05) is 25.1 Å². The highest BCUT2D eigenvalue weighted by Crippen LogP contribution is 2.23. The predicted molar refractivity (Wildman–Crippen MR) is 69.1 cm³/mol. The van der Waals surface area contributed by atoms with Crippen LogP contribution in [0.25, 0.3) is 5.69 Å². The summed E-state index contributed by atoms with van der Waals surface area (Å²) < 4.78 is 1.80. The Kier molecular flexibility index (Phi) is 3.19. The topological polar surface area (TPSA) is 43.8 Å². The van der Waals surface area contributed by atoms with Gasteiger partial charge in [0.2, 0.25) is 0 Å². The summed E-state index contributed by atoms with van der Waals surface area (Å²) in [6.07, 6.45) is 0. The first-order valence-corrected chi connectivity index (χ1v) is 6.25. The molecule has 84 valence electrons. The first-order chi connectivity index (χ1) is 7.72. The van der Waals surface area contributed by atoms with Gasteiger partial charge in [-0.2, -0.15) is 5.10 Å². The number of thioether (sulfide) groups is 1. The zero-order valence-electron chi connectivity index (χ0n) is 9.47. The van der Waals surface area contributed by atoms with Gasteiger partial charge in [-0.25, -0.2) is 4.68 Å². The van der Waals surface area contributed by atoms with E-state index >= 15 is 0 Å². The Morgan fingerprint density at radius 2 is 2.12 bits per heavy atom. The molecule has 0 saturated carbocycles. The Bertz CT molecular complexity index is 491. The molecule has 0 aliphatic carbocycles. The number of nitrogen functional groups attached to an aromatic ring is 1. The van der Waals surface area contributed by atoms with Crippen LogP contribution < -0.4 is 5.73 Å². The zero-order chi connectivity index (χ0) is 11.5. The minimum absolute atomic E-state index is 0.685. The van der Waals surface area contributed by atoms with Crippen molar-refractivity contribution in [2.75, 3.05) is 11.5 Å². The highest BCUT2D eigenvalue weighted by atomic mass is 32.2. The van der Waals surface area contributed by atoms with E-state index in [0.717, 1.165) is 16.5 Å². The second-order valence-electron chi connectivity index (χ2n) is 3.54. The predicted octanol–water partition coefficient (Wildman–Crippen LogP) is 2.87. The molecular weight excluding hydrogens is 218 g/mol. The molecule has 1 heterocycles. The Labute approximate surface area is 99.7 Å². The molecule has 2 aromatic rings. The van der Waals surface area contributed by atoms with E-state index in [2.05, 4.69) is 25.0 Å². The van der Waals surface area contributed by atoms with E-state index in [1.165, 1.54) is 5.56 Å². The van der Waals surface area contributed by atoms with E-state index in [4.69, 9.17) is 5.73 Å². The standard InChI is InChI=1S/C12H15N3S/c1-3-16-12-8-11(13)15(14-12)10-7-5-4-6-9(10)2/h4-8H,3,13H2,1-2H3. The average Bonchev–Trinajstić information content (AvgIpc) is 2.61. The van der Waals surface area contributed by atoms with Gasteiger partial charge in [0.05, 0.1) is 5.69 Å². The summed E-state index contributed by atoms with van der Waals surface area (Å²) in [4.78, 5) is 0. The quantitative estimate of drug-likeness (QED) is 0.829. The van der Waals surface area contributed by atoms with E-state index in [-0.39, 0.29) is 0 Å². The van der Waals surface area contributed by atoms with Crippen molar-refractivity contribution in [2.24, 2.45) is 0 Å². The Morgan fingerprint density at radius 1 is 1.38 bits per heavy atom. The minimum atomic E-state index is 0.685. The van der Waals surface area contributed by atoms with Crippen molar-refractivity contribution < 1.29 is 0 Å². The summed E-state index contributed by atoms with van der Waals surface area (Å²) in [5.74, 6) is 1.69. The lowest BCUT2D eigenvalue weighted by atomic mass is 10.2. The fraction of sp³-hybridized carbons (Fsp3) is 0.250. The first-order valence-electron chi connectivity index (χ1n) is 5.26. The van der Waals surface area contributed by atoms with Crippen LogP contribution in [0, 0.1) is 6.92 Å². The highest BCUT2D eigenvalue weighted by Gasteiger charge is 2.08. The Balaban J connectivity index is 2.44. The second kappa shape index (κ2) is 4.61. The summed E-state index contributed by atoms with van der Waals surface area (Å²) >= 11 is 1.70. The molecule has 1 aromatic carbocycles. The average molecular weight is 233 g/mol. The number of aromatic nitrogens is 2. The number of benzene rings is 1. The van der Waals surface area contributed by atoms with Gasteiger partial charge >= 0.3 is 0 Å². The van der Waals surface area contributed by atoms with Crippen molar-refractivity contribution in [2.45, 2.75) is 18.9 Å². The fourth-order valence-corrected chi connectivity index (χ4v) is 2.22. The number of rotatable bonds is 3. The molecule has 2 N–H and O–H groups in total. The first kappa shape index (κ1) is 11.1. The molecule has 0 aliphatic rings. The summed E-state index contributed by atoms with van der Waals surface area (Å²) in [6.45, 7) is 4.16. The van der Waals surface area contributed by atoms with Crippen LogP contribution in [0.3, 0.4) is 0 Å². The van der Waals surface area contributed by atoms with Crippen LogP contribution in [0.5, 0.6) is 0 Å². The summed E-state index contributed by atoms with van der Waals surface area (Å²) in [6, 6.07) is 10.0. The monoisotopic (exact) mass is 233 g/mol. The summed E-state index contributed by atoms with van der Waals surface area (Å²) in [7, 11) is 0. The normalized spacial score (nSPS) is 10.6. The van der Waals surface area contributed by atoms with E-state index in [0.29, 0.717) is 5.82 Å². The van der Waals surface area contributed by atoms with Crippen LogP contribution in [0.1, 0.15) is 12.5 Å². The largest absolute Gasteiger partial charge is 0.384 e. The van der Waals surface area contributed by atoms with Crippen LogP contribution in [-0.4, -0.2) is 15.5 Å². The van der Waals surface area contributed by atoms with E-state index in [1.54, 1.807) is 16.4 Å². The molecule has 1 aromatic heterocycles. The molecule has 4 heteroatoms. The van der Waals surface area contributed by atoms with Crippen LogP contribution in [0.2, 0.25) is 0 Å². The van der Waals surface area contributed by atoms with Gasteiger partial charge in [0.15, 0.2) is 0 Å². The number of hydrogen-bond acceptors (Lipinski definition) is 3. The maximum Gasteiger partial charge on any atom is 0.128 e. The van der Waals surface area contributed by atoms with E-state index in [1.807, 2.05) is 24.3 Å². The molecule has 16 heavy (non-hydrogen) atoms. The van der Waals surface area contributed by atoms with Gasteiger partial charge in [-0.15, -0.1) is 11.8 Å². The number of hydrogen-bond donors (Lipinski definition) is 1. The van der Waals surface area contributed by atoms with Crippen molar-refractivity contribution in [3.05, 3.63) is 35.9 Å². The molecule has 0 spiro atoms. The molecular formula is C12H15N3S. The van der Waals surface area contributed by atoms with Crippen molar-refractivity contribution in [1.29, 1.82) is 0 Å². The van der Waals surface area contributed by atoms with Crippen LogP contribution in [0.4, 0.5) is 5.82 Å². The van der Waals surface area contributed by atoms with Crippen molar-refractivity contribution in [3.63, 3.8) is 0 Å². The lowest BCUT2D eigenvalue weighted by Gasteiger charge is -2.06. The SMILES string of the molecule is CCSc1cc(N)n(-c2ccccc2C)n1. The molecule has 0 radical (unpaired) electrons. The van der Waals surface area contributed by atoms with Gasteiger partial charge in [-0.05, 0) is 24.3 Å². The minimum Gasteiger partial charge on any atom is -0.384 e. The molecule has 0 unspecified atom stereocenters. The summed E-state index contributed by atoms with van der Waals surface area (Å²) in [5.41, 5.74) is 8.18. The number of aryl methyl sites for hydroxylation is 1. The third-order valence-electron chi connectivity index (χ3n) is 2.35. The number of anilines is 1. The molecule has 0 amide bonds. The van der Waals surface area contributed by atoms with Crippen molar-refractivity contribution >= 4 is 17.6 Å². The van der Waals surface area contributed by atoms with Gasteiger partial charge in [0.25, 0.3) is 0 Å². The molecule has 2 rings (SSSR count). The van der Waals surface area contributed by atoms with E-state index in [9.17, 15) is 0 Å². The third-order valence-corrected chi connectivity index (χ3v) is 3.13. The lowest BCUT2D eigenvalue weighted by molar-refractivity contribution is 0.840. The van der Waals surface area contributed by atoms with Gasteiger partial charge in [-0.3, -0.25) is 0 Å². The van der Waals surface area contributed by atoms with Crippen LogP contribution in [0.15, 0.2) is 35.4 Å². The lowest BCUT2D eigenvalue weighted by Crippen LogP contribution is -2.03. The molecule has 0 atom stereocenters. The van der Waals surface area contributed by atoms with E-state index < -0.39 is 0 Å². The molecule has 0 fully saturated rings. The molecule has 0 aliphatic heterocycles. The third kappa shape index (κ3) is 2.07. The zero-order valence-corrected chi connectivity index (χ0v) is 10.3. The molecule has 3 nitrogen and oxygen atoms in total. The Morgan fingerprint density at radius 3 is 2.81 bits per heavy atom. The van der Waals surface area contributed by atoms with Crippen molar-refractivity contribution in [1.82, 2.24) is 9.78 Å². The number of nitrogens with zero attached hydrogens (tertiary/aromatic N) is 2. The van der Waals surface area contributed by atoms with Gasteiger partial charge in [0.1, 0.15) is 10.8 Å². The van der Waals surface area contributed by atoms with Gasteiger partial charge < -0.3 is 5.73 Å². The molecule has 0 saturated heterocycles. The van der Waals surface area contributed by atoms with Crippen molar-refractivity contribution in [3.8, 4) is 5.69 Å². The van der Waals surface area contributed by atoms with Gasteiger partial charge in [0, 0.05) is 6.07 Å². The van der Waals surface area contributed by atoms with Crippen LogP contribution >= 0.6 is 11.8 Å². The Hall–Kier alpha value is -1.42. The maximum absolute atomic E-state index is 5.96. The fourth-order valence-electron chi connectivity index (χ4n) is 1.59. The maximum atomic E-state index is 5.96.